The molecule has 1 aliphatic rings. The molecule has 5 nitrogen and oxygen atoms in total. The van der Waals surface area contributed by atoms with Gasteiger partial charge in [-0.15, -0.1) is 0 Å². The van der Waals surface area contributed by atoms with Crippen molar-refractivity contribution in [2.75, 3.05) is 18.1 Å². The molecule has 0 saturated heterocycles. The number of unbranched alkanes of at least 4 members (excludes halogenated alkanes) is 5. The van der Waals surface area contributed by atoms with Crippen LogP contribution in [0.2, 0.25) is 0 Å². The SMILES string of the molecule is CCCCCCCCOC(=O)CC(O)c1ccc2c(n1)N(c1ccccc1)CCC2. The molecule has 162 valence electrons. The number of nitrogens with zero attached hydrogens (tertiary/aromatic N) is 2. The van der Waals surface area contributed by atoms with Crippen molar-refractivity contribution in [1.82, 2.24) is 4.98 Å². The van der Waals surface area contributed by atoms with E-state index in [2.05, 4.69) is 24.0 Å². The third-order valence-corrected chi connectivity index (χ3v) is 5.59. The number of aromatic nitrogens is 1. The maximum Gasteiger partial charge on any atom is 0.308 e. The van der Waals surface area contributed by atoms with Gasteiger partial charge < -0.3 is 14.7 Å². The number of pyridine rings is 1. The second-order valence-corrected chi connectivity index (χ2v) is 8.02. The topological polar surface area (TPSA) is 62.7 Å². The van der Waals surface area contributed by atoms with Crippen molar-refractivity contribution >= 4 is 17.5 Å². The van der Waals surface area contributed by atoms with Crippen LogP contribution in [0.5, 0.6) is 0 Å². The van der Waals surface area contributed by atoms with Crippen molar-refractivity contribution in [2.45, 2.75) is 70.8 Å². The molecule has 1 aromatic heterocycles. The summed E-state index contributed by atoms with van der Waals surface area (Å²) in [6.45, 7) is 3.52. The number of aliphatic hydroxyl groups is 1. The van der Waals surface area contributed by atoms with Crippen LogP contribution in [-0.2, 0) is 16.0 Å². The van der Waals surface area contributed by atoms with Crippen molar-refractivity contribution in [1.29, 1.82) is 0 Å². The van der Waals surface area contributed by atoms with Gasteiger partial charge in [-0.05, 0) is 43.0 Å². The number of para-hydroxylation sites is 1. The summed E-state index contributed by atoms with van der Waals surface area (Å²) in [6, 6.07) is 14.0. The Balaban J connectivity index is 1.54. The van der Waals surface area contributed by atoms with Gasteiger partial charge in [0.1, 0.15) is 11.9 Å². The lowest BCUT2D eigenvalue weighted by atomic mass is 10.0. The Morgan fingerprint density at radius 3 is 2.67 bits per heavy atom. The minimum atomic E-state index is -0.952. The number of rotatable bonds is 11. The Kier molecular flexibility index (Phi) is 8.69. The molecule has 1 N–H and O–H groups in total. The zero-order valence-corrected chi connectivity index (χ0v) is 18.1. The zero-order valence-electron chi connectivity index (χ0n) is 18.1. The van der Waals surface area contributed by atoms with E-state index >= 15 is 0 Å². The van der Waals surface area contributed by atoms with Gasteiger partial charge in [0.25, 0.3) is 0 Å². The molecule has 0 radical (unpaired) electrons. The lowest BCUT2D eigenvalue weighted by Crippen LogP contribution is -2.26. The summed E-state index contributed by atoms with van der Waals surface area (Å²) < 4.78 is 5.31. The molecule has 2 heterocycles. The number of carbonyl (C=O) groups is 1. The molecular weight excluding hydrogens is 376 g/mol. The number of fused-ring (bicyclic) bond motifs is 1. The molecule has 0 saturated carbocycles. The highest BCUT2D eigenvalue weighted by molar-refractivity contribution is 5.70. The van der Waals surface area contributed by atoms with Crippen LogP contribution >= 0.6 is 0 Å². The molecule has 0 amide bonds. The monoisotopic (exact) mass is 410 g/mol. The summed E-state index contributed by atoms with van der Waals surface area (Å²) in [5.41, 5.74) is 2.79. The molecule has 30 heavy (non-hydrogen) atoms. The predicted molar refractivity (Wildman–Crippen MR) is 120 cm³/mol. The number of esters is 1. The average Bonchev–Trinajstić information content (AvgIpc) is 2.78. The molecule has 0 aliphatic carbocycles. The van der Waals surface area contributed by atoms with E-state index < -0.39 is 6.10 Å². The van der Waals surface area contributed by atoms with Crippen LogP contribution in [0, 0.1) is 0 Å². The predicted octanol–water partition coefficient (Wildman–Crippen LogP) is 5.49. The highest BCUT2D eigenvalue weighted by Crippen LogP contribution is 2.33. The number of carbonyl (C=O) groups excluding carboxylic acids is 1. The van der Waals surface area contributed by atoms with E-state index in [0.717, 1.165) is 43.7 Å². The van der Waals surface area contributed by atoms with E-state index in [1.54, 1.807) is 0 Å². The summed E-state index contributed by atoms with van der Waals surface area (Å²) in [7, 11) is 0. The minimum absolute atomic E-state index is 0.0625. The third-order valence-electron chi connectivity index (χ3n) is 5.59. The van der Waals surface area contributed by atoms with Crippen LogP contribution in [0.4, 0.5) is 11.5 Å². The van der Waals surface area contributed by atoms with Crippen LogP contribution in [-0.4, -0.2) is 29.2 Å². The van der Waals surface area contributed by atoms with Gasteiger partial charge >= 0.3 is 5.97 Å². The molecule has 0 bridgehead atoms. The van der Waals surface area contributed by atoms with E-state index in [1.165, 1.54) is 31.2 Å². The van der Waals surface area contributed by atoms with Crippen molar-refractivity contribution in [2.24, 2.45) is 0 Å². The normalized spacial score (nSPS) is 14.3. The summed E-state index contributed by atoms with van der Waals surface area (Å²) in [5, 5.41) is 10.6. The minimum Gasteiger partial charge on any atom is -0.466 e. The number of ether oxygens (including phenoxy) is 1. The van der Waals surface area contributed by atoms with Crippen LogP contribution in [0.25, 0.3) is 0 Å². The lowest BCUT2D eigenvalue weighted by molar-refractivity contribution is -0.146. The van der Waals surface area contributed by atoms with Gasteiger partial charge in [-0.2, -0.15) is 0 Å². The van der Waals surface area contributed by atoms with Gasteiger partial charge in [0.05, 0.1) is 18.7 Å². The standard InChI is InChI=1S/C25H34N2O3/c1-2-3-4-5-6-10-18-30-24(29)19-23(28)22-16-15-20-12-11-17-27(25(20)26-22)21-13-8-7-9-14-21/h7-9,13-16,23,28H,2-6,10-12,17-19H2,1H3. The van der Waals surface area contributed by atoms with E-state index in [-0.39, 0.29) is 12.4 Å². The summed E-state index contributed by atoms with van der Waals surface area (Å²) in [6.07, 6.45) is 7.91. The van der Waals surface area contributed by atoms with Crippen molar-refractivity contribution in [3.8, 4) is 0 Å². The molecule has 5 heteroatoms. The van der Waals surface area contributed by atoms with Gasteiger partial charge in [-0.25, -0.2) is 4.98 Å². The zero-order chi connectivity index (χ0) is 21.2. The first-order valence-electron chi connectivity index (χ1n) is 11.3. The Bertz CT molecular complexity index is 794. The third kappa shape index (κ3) is 6.30. The van der Waals surface area contributed by atoms with Crippen molar-refractivity contribution in [3.63, 3.8) is 0 Å². The Morgan fingerprint density at radius 2 is 1.87 bits per heavy atom. The summed E-state index contributed by atoms with van der Waals surface area (Å²) in [5.74, 6) is 0.514. The second kappa shape index (κ2) is 11.7. The molecule has 0 spiro atoms. The molecular formula is C25H34N2O3. The number of anilines is 2. The first-order valence-corrected chi connectivity index (χ1v) is 11.3. The molecule has 1 aliphatic heterocycles. The van der Waals surface area contributed by atoms with E-state index in [0.29, 0.717) is 12.3 Å². The van der Waals surface area contributed by atoms with E-state index in [9.17, 15) is 9.90 Å². The Hall–Kier alpha value is -2.40. The highest BCUT2D eigenvalue weighted by Gasteiger charge is 2.23. The summed E-state index contributed by atoms with van der Waals surface area (Å²) in [4.78, 5) is 19.0. The maximum absolute atomic E-state index is 12.1. The molecule has 1 atom stereocenters. The van der Waals surface area contributed by atoms with Crippen LogP contribution < -0.4 is 4.90 Å². The van der Waals surface area contributed by atoms with Crippen molar-refractivity contribution in [3.05, 3.63) is 53.7 Å². The summed E-state index contributed by atoms with van der Waals surface area (Å²) >= 11 is 0. The number of hydrogen-bond donors (Lipinski definition) is 1. The second-order valence-electron chi connectivity index (χ2n) is 8.02. The number of benzene rings is 1. The maximum atomic E-state index is 12.1. The average molecular weight is 411 g/mol. The molecule has 1 unspecified atom stereocenters. The largest absolute Gasteiger partial charge is 0.466 e. The van der Waals surface area contributed by atoms with Gasteiger partial charge in [-0.1, -0.05) is 63.3 Å². The fourth-order valence-electron chi connectivity index (χ4n) is 3.89. The smallest absolute Gasteiger partial charge is 0.308 e. The fourth-order valence-corrected chi connectivity index (χ4v) is 3.89. The molecule has 3 rings (SSSR count). The van der Waals surface area contributed by atoms with Crippen LogP contribution in [0.3, 0.4) is 0 Å². The van der Waals surface area contributed by atoms with Crippen molar-refractivity contribution < 1.29 is 14.6 Å². The molecule has 2 aromatic rings. The molecule has 1 aromatic carbocycles. The lowest BCUT2D eigenvalue weighted by Gasteiger charge is -2.30. The van der Waals surface area contributed by atoms with Crippen LogP contribution in [0.1, 0.15) is 75.7 Å². The van der Waals surface area contributed by atoms with Gasteiger partial charge in [0.15, 0.2) is 0 Å². The van der Waals surface area contributed by atoms with Gasteiger partial charge in [-0.3, -0.25) is 4.79 Å². The van der Waals surface area contributed by atoms with Gasteiger partial charge in [0.2, 0.25) is 0 Å². The Morgan fingerprint density at radius 1 is 1.10 bits per heavy atom. The van der Waals surface area contributed by atoms with E-state index in [4.69, 9.17) is 9.72 Å². The molecule has 0 fully saturated rings. The first kappa shape index (κ1) is 22.3. The van der Waals surface area contributed by atoms with Gasteiger partial charge in [0, 0.05) is 12.2 Å². The number of aliphatic hydroxyl groups excluding tert-OH is 1. The quantitative estimate of drug-likeness (QED) is 0.392. The highest BCUT2D eigenvalue weighted by atomic mass is 16.5. The number of hydrogen-bond acceptors (Lipinski definition) is 5. The Labute approximate surface area is 180 Å². The van der Waals surface area contributed by atoms with E-state index in [1.807, 2.05) is 30.3 Å². The van der Waals surface area contributed by atoms with Crippen LogP contribution in [0.15, 0.2) is 42.5 Å². The fraction of sp³-hybridized carbons (Fsp3) is 0.520. The first-order chi connectivity index (χ1) is 14.7. The number of aryl methyl sites for hydroxylation is 1.